The summed E-state index contributed by atoms with van der Waals surface area (Å²) in [4.78, 5) is 28.4. The Morgan fingerprint density at radius 2 is 1.67 bits per heavy atom. The van der Waals surface area contributed by atoms with Crippen molar-refractivity contribution in [3.63, 3.8) is 0 Å². The summed E-state index contributed by atoms with van der Waals surface area (Å²) in [5.74, 6) is -1.12. The largest absolute Gasteiger partial charge is 0.389 e. The molecule has 0 spiro atoms. The second kappa shape index (κ2) is 2.80. The first-order chi connectivity index (χ1) is 5.59. The Bertz CT molecular complexity index is 239. The Morgan fingerprint density at radius 3 is 2.00 bits per heavy atom. The highest BCUT2D eigenvalue weighted by Crippen LogP contribution is 2.06. The fourth-order valence-electron chi connectivity index (χ4n) is 0.874. The standard InChI is InChI=1S/C6H8N3O3/c1-8-4(10)5(11)9(2)6(8)7-12-3/h3H2,1-2H3. The second-order valence-electron chi connectivity index (χ2n) is 2.25. The molecule has 1 heterocycles. The first-order valence-electron chi connectivity index (χ1n) is 3.14. The van der Waals surface area contributed by atoms with Crippen molar-refractivity contribution in [2.75, 3.05) is 14.1 Å². The summed E-state index contributed by atoms with van der Waals surface area (Å²) in [6, 6.07) is 0. The van der Waals surface area contributed by atoms with Gasteiger partial charge < -0.3 is 4.84 Å². The van der Waals surface area contributed by atoms with Gasteiger partial charge in [0.2, 0.25) is 0 Å². The third-order valence-electron chi connectivity index (χ3n) is 1.54. The van der Waals surface area contributed by atoms with Gasteiger partial charge in [-0.3, -0.25) is 19.4 Å². The van der Waals surface area contributed by atoms with Crippen LogP contribution in [0.2, 0.25) is 0 Å². The molecule has 65 valence electrons. The first kappa shape index (κ1) is 8.51. The van der Waals surface area contributed by atoms with Gasteiger partial charge in [-0.15, -0.1) is 0 Å². The molecular formula is C6H8N3O3. The number of hydrogen-bond donors (Lipinski definition) is 0. The number of oxime groups is 1. The van der Waals surface area contributed by atoms with Crippen molar-refractivity contribution in [2.24, 2.45) is 5.16 Å². The summed E-state index contributed by atoms with van der Waals surface area (Å²) in [6.07, 6.45) is 0. The van der Waals surface area contributed by atoms with Crippen LogP contribution >= 0.6 is 0 Å². The van der Waals surface area contributed by atoms with Crippen molar-refractivity contribution in [3.8, 4) is 0 Å². The van der Waals surface area contributed by atoms with E-state index in [4.69, 9.17) is 0 Å². The van der Waals surface area contributed by atoms with Crippen LogP contribution in [0.4, 0.5) is 0 Å². The first-order valence-corrected chi connectivity index (χ1v) is 3.14. The molecule has 1 radical (unpaired) electrons. The zero-order valence-electron chi connectivity index (χ0n) is 6.77. The Labute approximate surface area is 69.4 Å². The topological polar surface area (TPSA) is 62.2 Å². The lowest BCUT2D eigenvalue weighted by Crippen LogP contribution is -2.29. The molecule has 6 nitrogen and oxygen atoms in total. The van der Waals surface area contributed by atoms with Crippen LogP contribution in [0.15, 0.2) is 5.16 Å². The molecule has 12 heavy (non-hydrogen) atoms. The van der Waals surface area contributed by atoms with Crippen LogP contribution in [0.1, 0.15) is 0 Å². The van der Waals surface area contributed by atoms with Gasteiger partial charge in [0, 0.05) is 14.1 Å². The minimum atomic E-state index is -0.631. The van der Waals surface area contributed by atoms with E-state index in [0.29, 0.717) is 0 Å². The summed E-state index contributed by atoms with van der Waals surface area (Å²) in [5.41, 5.74) is 0. The van der Waals surface area contributed by atoms with E-state index in [9.17, 15) is 9.59 Å². The molecule has 0 saturated carbocycles. The molecule has 1 aliphatic rings. The molecule has 0 N–H and O–H groups in total. The number of rotatable bonds is 1. The maximum absolute atomic E-state index is 11.0. The monoisotopic (exact) mass is 170 g/mol. The third-order valence-corrected chi connectivity index (χ3v) is 1.54. The maximum atomic E-state index is 11.0. The molecule has 1 fully saturated rings. The van der Waals surface area contributed by atoms with E-state index in [2.05, 4.69) is 17.1 Å². The molecule has 1 saturated heterocycles. The zero-order valence-corrected chi connectivity index (χ0v) is 6.77. The minimum Gasteiger partial charge on any atom is -0.389 e. The molecular weight excluding hydrogens is 162 g/mol. The highest BCUT2D eigenvalue weighted by Gasteiger charge is 2.38. The van der Waals surface area contributed by atoms with Crippen molar-refractivity contribution in [3.05, 3.63) is 7.11 Å². The maximum Gasteiger partial charge on any atom is 0.319 e. The van der Waals surface area contributed by atoms with Gasteiger partial charge in [-0.1, -0.05) is 0 Å². The number of nitrogens with zero attached hydrogens (tertiary/aromatic N) is 3. The van der Waals surface area contributed by atoms with Crippen molar-refractivity contribution in [1.29, 1.82) is 0 Å². The van der Waals surface area contributed by atoms with Crippen molar-refractivity contribution >= 4 is 17.8 Å². The van der Waals surface area contributed by atoms with E-state index >= 15 is 0 Å². The highest BCUT2D eigenvalue weighted by molar-refractivity contribution is 6.44. The quantitative estimate of drug-likeness (QED) is 0.374. The van der Waals surface area contributed by atoms with Gasteiger partial charge >= 0.3 is 11.8 Å². The molecule has 1 aliphatic heterocycles. The van der Waals surface area contributed by atoms with E-state index in [0.717, 1.165) is 9.80 Å². The normalized spacial score (nSPS) is 17.4. The molecule has 1 rings (SSSR count). The van der Waals surface area contributed by atoms with Crippen LogP contribution in [0, 0.1) is 7.11 Å². The third kappa shape index (κ3) is 1.01. The highest BCUT2D eigenvalue weighted by atomic mass is 16.6. The van der Waals surface area contributed by atoms with Crippen LogP contribution in [-0.2, 0) is 14.4 Å². The number of carbonyl (C=O) groups is 2. The van der Waals surface area contributed by atoms with Crippen LogP contribution in [0.5, 0.6) is 0 Å². The van der Waals surface area contributed by atoms with E-state index in [1.807, 2.05) is 0 Å². The summed E-state index contributed by atoms with van der Waals surface area (Å²) in [6.45, 7) is 0. The smallest absolute Gasteiger partial charge is 0.319 e. The Morgan fingerprint density at radius 1 is 1.25 bits per heavy atom. The Kier molecular flexibility index (Phi) is 1.99. The molecule has 0 aromatic rings. The summed E-state index contributed by atoms with van der Waals surface area (Å²) in [5, 5.41) is 3.40. The molecule has 0 atom stereocenters. The van der Waals surface area contributed by atoms with E-state index in [1.54, 1.807) is 0 Å². The van der Waals surface area contributed by atoms with Crippen molar-refractivity contribution in [2.45, 2.75) is 0 Å². The van der Waals surface area contributed by atoms with Crippen LogP contribution < -0.4 is 0 Å². The number of guanidine groups is 1. The fourth-order valence-corrected chi connectivity index (χ4v) is 0.874. The average Bonchev–Trinajstić information content (AvgIpc) is 2.23. The predicted octanol–water partition coefficient (Wildman–Crippen LogP) is -1.00. The van der Waals surface area contributed by atoms with E-state index in [1.165, 1.54) is 14.1 Å². The van der Waals surface area contributed by atoms with E-state index in [-0.39, 0.29) is 5.96 Å². The Hall–Kier alpha value is -1.59. The lowest BCUT2D eigenvalue weighted by molar-refractivity contribution is -0.142. The average molecular weight is 170 g/mol. The zero-order chi connectivity index (χ0) is 9.30. The molecule has 0 bridgehead atoms. The molecule has 0 aliphatic carbocycles. The SMILES string of the molecule is [CH2]ON=C1N(C)C(=O)C(=O)N1C. The van der Waals surface area contributed by atoms with Crippen LogP contribution in [-0.4, -0.2) is 41.7 Å². The minimum absolute atomic E-state index is 0.139. The molecule has 2 amide bonds. The molecule has 0 aromatic carbocycles. The van der Waals surface area contributed by atoms with Gasteiger partial charge in [0.15, 0.2) is 7.11 Å². The summed E-state index contributed by atoms with van der Waals surface area (Å²) < 4.78 is 0. The number of likely N-dealkylation sites (N-methyl/N-ethyl adjacent to an activating group) is 2. The molecule has 0 aromatic heterocycles. The molecule has 0 unspecified atom stereocenters. The van der Waals surface area contributed by atoms with Gasteiger partial charge in [-0.25, -0.2) is 0 Å². The fraction of sp³-hybridized carbons (Fsp3) is 0.333. The van der Waals surface area contributed by atoms with Gasteiger partial charge in [-0.05, 0) is 5.16 Å². The second-order valence-corrected chi connectivity index (χ2v) is 2.25. The van der Waals surface area contributed by atoms with Crippen molar-refractivity contribution in [1.82, 2.24) is 9.80 Å². The van der Waals surface area contributed by atoms with Crippen LogP contribution in [0.3, 0.4) is 0 Å². The van der Waals surface area contributed by atoms with Gasteiger partial charge in [-0.2, -0.15) is 0 Å². The lowest BCUT2D eigenvalue weighted by Gasteiger charge is -2.09. The molecule has 6 heteroatoms. The number of carbonyl (C=O) groups excluding carboxylic acids is 2. The van der Waals surface area contributed by atoms with Crippen molar-refractivity contribution < 1.29 is 14.4 Å². The summed E-state index contributed by atoms with van der Waals surface area (Å²) >= 11 is 0. The van der Waals surface area contributed by atoms with Gasteiger partial charge in [0.25, 0.3) is 5.96 Å². The summed E-state index contributed by atoms with van der Waals surface area (Å²) in [7, 11) is 5.87. The van der Waals surface area contributed by atoms with E-state index < -0.39 is 11.8 Å². The van der Waals surface area contributed by atoms with Crippen LogP contribution in [0.25, 0.3) is 0 Å². The Balaban J connectivity index is 2.99. The van der Waals surface area contributed by atoms with Gasteiger partial charge in [0.05, 0.1) is 0 Å². The predicted molar refractivity (Wildman–Crippen MR) is 39.4 cm³/mol. The van der Waals surface area contributed by atoms with Gasteiger partial charge in [0.1, 0.15) is 0 Å². The lowest BCUT2D eigenvalue weighted by atomic mass is 10.6. The number of hydrogen-bond acceptors (Lipinski definition) is 4. The number of amides is 2.